The summed E-state index contributed by atoms with van der Waals surface area (Å²) in [5.74, 6) is 0.193. The highest BCUT2D eigenvalue weighted by atomic mass is 35.5. The van der Waals surface area contributed by atoms with Crippen molar-refractivity contribution >= 4 is 30.0 Å². The van der Waals surface area contributed by atoms with Crippen LogP contribution in [-0.4, -0.2) is 29.4 Å². The lowest BCUT2D eigenvalue weighted by molar-refractivity contribution is 0.100. The number of hydrogen-bond acceptors (Lipinski definition) is 5. The van der Waals surface area contributed by atoms with Crippen molar-refractivity contribution in [3.63, 3.8) is 0 Å². The van der Waals surface area contributed by atoms with Crippen molar-refractivity contribution in [2.45, 2.75) is 20.3 Å². The Morgan fingerprint density at radius 3 is 2.75 bits per heavy atom. The summed E-state index contributed by atoms with van der Waals surface area (Å²) < 4.78 is 0. The number of allylic oxidation sites excluding steroid dienone is 3. The van der Waals surface area contributed by atoms with Gasteiger partial charge in [-0.25, -0.2) is 0 Å². The lowest BCUT2D eigenvalue weighted by Gasteiger charge is -2.24. The number of primary amides is 1. The second kappa shape index (κ2) is 9.80. The zero-order valence-electron chi connectivity index (χ0n) is 16.0. The van der Waals surface area contributed by atoms with Crippen molar-refractivity contribution in [3.8, 4) is 11.3 Å². The van der Waals surface area contributed by atoms with Gasteiger partial charge in [-0.2, -0.15) is 0 Å². The highest BCUT2D eigenvalue weighted by molar-refractivity contribution is 6.29. The van der Waals surface area contributed by atoms with E-state index in [4.69, 9.17) is 17.3 Å². The molecule has 1 heterocycles. The van der Waals surface area contributed by atoms with Crippen molar-refractivity contribution in [3.05, 3.63) is 65.3 Å². The molecule has 1 aromatic carbocycles. The van der Waals surface area contributed by atoms with Gasteiger partial charge in [-0.3, -0.25) is 9.79 Å². The minimum absolute atomic E-state index is 0.0841. The second-order valence-electron chi connectivity index (χ2n) is 7.08. The first-order valence-corrected chi connectivity index (χ1v) is 9.13. The van der Waals surface area contributed by atoms with E-state index in [1.807, 2.05) is 24.3 Å². The van der Waals surface area contributed by atoms with E-state index in [1.165, 1.54) is 0 Å². The average Bonchev–Trinajstić information content (AvgIpc) is 2.67. The maximum Gasteiger partial charge on any atom is 0.248 e. The van der Waals surface area contributed by atoms with Crippen molar-refractivity contribution in [2.75, 3.05) is 11.9 Å². The van der Waals surface area contributed by atoms with Crippen LogP contribution in [0.5, 0.6) is 0 Å². The number of nitrogens with zero attached hydrogens (tertiary/aromatic N) is 3. The number of rotatable bonds is 9. The Morgan fingerprint density at radius 2 is 2.11 bits per heavy atom. The Bertz CT molecular complexity index is 888. The molecule has 2 rings (SSSR count). The van der Waals surface area contributed by atoms with Crippen LogP contribution in [0, 0.1) is 5.41 Å². The Morgan fingerprint density at radius 1 is 1.32 bits per heavy atom. The van der Waals surface area contributed by atoms with Gasteiger partial charge in [0.1, 0.15) is 5.82 Å². The van der Waals surface area contributed by atoms with Crippen molar-refractivity contribution < 1.29 is 4.79 Å². The maximum absolute atomic E-state index is 11.3. The van der Waals surface area contributed by atoms with Crippen LogP contribution < -0.4 is 11.1 Å². The fourth-order valence-electron chi connectivity index (χ4n) is 2.53. The Balaban J connectivity index is 1.99. The number of carbonyl (C=O) groups is 1. The molecule has 0 radical (unpaired) electrons. The number of aromatic nitrogens is 2. The molecule has 1 aromatic heterocycles. The van der Waals surface area contributed by atoms with E-state index in [1.54, 1.807) is 30.5 Å². The highest BCUT2D eigenvalue weighted by Gasteiger charge is 2.19. The van der Waals surface area contributed by atoms with E-state index in [9.17, 15) is 4.79 Å². The summed E-state index contributed by atoms with van der Waals surface area (Å²) in [6, 6.07) is 10.7. The number of aliphatic imine (C=N–C) groups is 1. The molecule has 146 valence electrons. The van der Waals surface area contributed by atoms with Crippen LogP contribution in [0.15, 0.2) is 64.8 Å². The number of hydrogen-bond donors (Lipinski definition) is 2. The molecule has 0 saturated carbocycles. The van der Waals surface area contributed by atoms with Crippen LogP contribution in [0.2, 0.25) is 0 Å². The predicted octanol–water partition coefficient (Wildman–Crippen LogP) is 4.41. The first-order valence-electron chi connectivity index (χ1n) is 8.76. The van der Waals surface area contributed by atoms with Gasteiger partial charge in [0.25, 0.3) is 0 Å². The summed E-state index contributed by atoms with van der Waals surface area (Å²) in [5.41, 5.74) is 7.13. The molecule has 0 aliphatic carbocycles. The molecule has 1 amide bonds. The number of halogens is 1. The van der Waals surface area contributed by atoms with E-state index in [0.717, 1.165) is 10.6 Å². The van der Waals surface area contributed by atoms with Gasteiger partial charge in [-0.05, 0) is 55.0 Å². The first kappa shape index (κ1) is 21.3. The number of carbonyl (C=O) groups excluding carboxylic acids is 1. The lowest BCUT2D eigenvalue weighted by atomic mass is 9.89. The molecule has 6 nitrogen and oxygen atoms in total. The van der Waals surface area contributed by atoms with E-state index in [2.05, 4.69) is 41.1 Å². The van der Waals surface area contributed by atoms with Crippen LogP contribution in [0.25, 0.3) is 11.3 Å². The molecule has 0 aliphatic heterocycles. The van der Waals surface area contributed by atoms with Gasteiger partial charge in [0.15, 0.2) is 0 Å². The van der Waals surface area contributed by atoms with Gasteiger partial charge < -0.3 is 11.1 Å². The van der Waals surface area contributed by atoms with Gasteiger partial charge in [-0.15, -0.1) is 10.2 Å². The standard InChI is InChI=1S/C21H24ClN5O/c1-21(2,13-17(22)8-5-11-24-3)14-25-19-10-9-18(26-27-19)15-6-4-7-16(12-15)20(23)28/h4-12H,3,13-14H2,1-2H3,(H2,23,28)(H,25,27)/b11-5-,17-8+. The number of benzene rings is 1. The SMILES string of the molecule is C=N/C=C\C=C(\Cl)CC(C)(C)CNc1ccc(-c2cccc(C(N)=O)c2)nn1. The van der Waals surface area contributed by atoms with Crippen molar-refractivity contribution in [1.82, 2.24) is 10.2 Å². The van der Waals surface area contributed by atoms with Gasteiger partial charge in [-0.1, -0.05) is 37.6 Å². The topological polar surface area (TPSA) is 93.3 Å². The number of nitrogens with one attached hydrogen (secondary N) is 1. The van der Waals surface area contributed by atoms with Gasteiger partial charge in [0.05, 0.1) is 5.69 Å². The molecule has 2 aromatic rings. The molecule has 0 fully saturated rings. The molecule has 0 atom stereocenters. The summed E-state index contributed by atoms with van der Waals surface area (Å²) in [5, 5.41) is 12.5. The number of anilines is 1. The molecule has 7 heteroatoms. The third kappa shape index (κ3) is 6.63. The number of amides is 1. The van der Waals surface area contributed by atoms with Crippen molar-refractivity contribution in [1.29, 1.82) is 0 Å². The molecular formula is C21H24ClN5O. The van der Waals surface area contributed by atoms with Crippen molar-refractivity contribution in [2.24, 2.45) is 16.1 Å². The molecule has 0 aliphatic rings. The molecule has 0 unspecified atom stereocenters. The smallest absolute Gasteiger partial charge is 0.248 e. The van der Waals surface area contributed by atoms with E-state index in [-0.39, 0.29) is 5.41 Å². The minimum atomic E-state index is -0.473. The molecule has 28 heavy (non-hydrogen) atoms. The first-order chi connectivity index (χ1) is 13.3. The van der Waals surface area contributed by atoms with E-state index in [0.29, 0.717) is 30.0 Å². The molecular weight excluding hydrogens is 374 g/mol. The summed E-state index contributed by atoms with van der Waals surface area (Å²) in [7, 11) is 0. The summed E-state index contributed by atoms with van der Waals surface area (Å²) in [6.45, 7) is 8.28. The zero-order chi connectivity index (χ0) is 20.6. The summed E-state index contributed by atoms with van der Waals surface area (Å²) in [6.07, 6.45) is 5.86. The summed E-state index contributed by atoms with van der Waals surface area (Å²) in [4.78, 5) is 15.0. The second-order valence-corrected chi connectivity index (χ2v) is 7.57. The van der Waals surface area contributed by atoms with Gasteiger partial charge in [0.2, 0.25) is 5.91 Å². The minimum Gasteiger partial charge on any atom is -0.368 e. The molecule has 3 N–H and O–H groups in total. The quantitative estimate of drug-likeness (QED) is 0.484. The number of nitrogens with two attached hydrogens (primary N) is 1. The van der Waals surface area contributed by atoms with Crippen LogP contribution >= 0.6 is 11.6 Å². The third-order valence-electron chi connectivity index (χ3n) is 3.97. The Labute approximate surface area is 170 Å². The largest absolute Gasteiger partial charge is 0.368 e. The van der Waals surface area contributed by atoms with E-state index >= 15 is 0 Å². The average molecular weight is 398 g/mol. The molecule has 0 saturated heterocycles. The van der Waals surface area contributed by atoms with Crippen LogP contribution in [0.1, 0.15) is 30.6 Å². The van der Waals surface area contributed by atoms with Gasteiger partial charge >= 0.3 is 0 Å². The maximum atomic E-state index is 11.3. The lowest BCUT2D eigenvalue weighted by Crippen LogP contribution is -2.23. The molecule has 0 bridgehead atoms. The third-order valence-corrected chi connectivity index (χ3v) is 4.23. The molecule has 0 spiro atoms. The van der Waals surface area contributed by atoms with Crippen LogP contribution in [-0.2, 0) is 0 Å². The normalized spacial score (nSPS) is 12.2. The van der Waals surface area contributed by atoms with Gasteiger partial charge in [0, 0.05) is 28.9 Å². The van der Waals surface area contributed by atoms with Crippen LogP contribution in [0.4, 0.5) is 5.82 Å². The highest BCUT2D eigenvalue weighted by Crippen LogP contribution is 2.28. The predicted molar refractivity (Wildman–Crippen MR) is 115 cm³/mol. The fourth-order valence-corrected chi connectivity index (χ4v) is 2.96. The van der Waals surface area contributed by atoms with Crippen LogP contribution in [0.3, 0.4) is 0 Å². The van der Waals surface area contributed by atoms with E-state index < -0.39 is 5.91 Å². The fraction of sp³-hybridized carbons (Fsp3) is 0.238. The Hall–Kier alpha value is -2.99. The monoisotopic (exact) mass is 397 g/mol. The summed E-state index contributed by atoms with van der Waals surface area (Å²) >= 11 is 6.27. The zero-order valence-corrected chi connectivity index (χ0v) is 16.8. The Kier molecular flexibility index (Phi) is 7.46.